The molecule has 1 heterocycles. The topological polar surface area (TPSA) is 79.3 Å². The normalized spacial score (nSPS) is 13.1. The predicted octanol–water partition coefficient (Wildman–Crippen LogP) is 2.87. The number of aliphatic carboxylic acids is 1. The van der Waals surface area contributed by atoms with Crippen molar-refractivity contribution < 1.29 is 14.7 Å². The maximum Gasteiger partial charge on any atom is 0.326 e. The second-order valence-electron chi connectivity index (χ2n) is 6.35. The van der Waals surface area contributed by atoms with E-state index in [1.54, 1.807) is 19.9 Å². The van der Waals surface area contributed by atoms with E-state index in [1.807, 2.05) is 20.8 Å². The predicted molar refractivity (Wildman–Crippen MR) is 81.7 cm³/mol. The molecule has 1 rings (SSSR count). The fourth-order valence-electron chi connectivity index (χ4n) is 1.75. The molecule has 0 saturated carbocycles. The van der Waals surface area contributed by atoms with Gasteiger partial charge in [0.2, 0.25) is 0 Å². The summed E-state index contributed by atoms with van der Waals surface area (Å²) in [5.74, 6) is -1.74. The van der Waals surface area contributed by atoms with E-state index in [1.165, 1.54) is 6.07 Å². The molecule has 0 aliphatic heterocycles. The van der Waals surface area contributed by atoms with Crippen LogP contribution in [-0.4, -0.2) is 28.0 Å². The molecule has 2 N–H and O–H groups in total. The number of amides is 1. The Balaban J connectivity index is 3.08. The van der Waals surface area contributed by atoms with Gasteiger partial charge in [-0.3, -0.25) is 4.79 Å². The van der Waals surface area contributed by atoms with E-state index in [0.29, 0.717) is 11.3 Å². The Hall–Kier alpha value is -1.62. The summed E-state index contributed by atoms with van der Waals surface area (Å²) in [6.45, 7) is 9.35. The van der Waals surface area contributed by atoms with Crippen LogP contribution in [0.1, 0.15) is 50.7 Å². The van der Waals surface area contributed by atoms with E-state index < -0.39 is 17.9 Å². The molecule has 1 aromatic heterocycles. The van der Waals surface area contributed by atoms with Crippen LogP contribution >= 0.6 is 11.6 Å². The molecule has 0 saturated heterocycles. The Morgan fingerprint density at radius 2 is 1.86 bits per heavy atom. The first kappa shape index (κ1) is 17.4. The summed E-state index contributed by atoms with van der Waals surface area (Å²) < 4.78 is 0. The fraction of sp³-hybridized carbons (Fsp3) is 0.533. The highest BCUT2D eigenvalue weighted by molar-refractivity contribution is 6.29. The Morgan fingerprint density at radius 1 is 1.29 bits per heavy atom. The molecule has 21 heavy (non-hydrogen) atoms. The van der Waals surface area contributed by atoms with Crippen LogP contribution < -0.4 is 5.32 Å². The van der Waals surface area contributed by atoms with Crippen LogP contribution in [0.15, 0.2) is 12.1 Å². The number of carboxylic acid groups (broad SMARTS) is 1. The van der Waals surface area contributed by atoms with Crippen molar-refractivity contribution in [3.8, 4) is 0 Å². The lowest BCUT2D eigenvalue weighted by Gasteiger charge is -2.20. The number of aromatic nitrogens is 1. The number of nitrogens with zero attached hydrogens (tertiary/aromatic N) is 1. The van der Waals surface area contributed by atoms with E-state index in [2.05, 4.69) is 10.3 Å². The summed E-state index contributed by atoms with van der Waals surface area (Å²) in [7, 11) is 0. The first-order valence-corrected chi connectivity index (χ1v) is 7.12. The third-order valence-corrected chi connectivity index (χ3v) is 3.24. The number of nitrogens with one attached hydrogen (secondary N) is 1. The fourth-order valence-corrected chi connectivity index (χ4v) is 1.96. The van der Waals surface area contributed by atoms with Gasteiger partial charge < -0.3 is 10.4 Å². The summed E-state index contributed by atoms with van der Waals surface area (Å²) >= 11 is 5.95. The molecular formula is C15H21ClN2O3. The number of halogens is 1. The number of hydrogen-bond acceptors (Lipinski definition) is 3. The number of rotatable bonds is 4. The number of carbonyl (C=O) groups excluding carboxylic acids is 1. The summed E-state index contributed by atoms with van der Waals surface area (Å²) in [6.07, 6.45) is 0. The molecule has 6 heteroatoms. The van der Waals surface area contributed by atoms with Crippen molar-refractivity contribution in [1.29, 1.82) is 0 Å². The van der Waals surface area contributed by atoms with Crippen LogP contribution in [0.2, 0.25) is 5.15 Å². The minimum Gasteiger partial charge on any atom is -0.480 e. The molecule has 1 atom stereocenters. The van der Waals surface area contributed by atoms with Gasteiger partial charge in [0.25, 0.3) is 5.91 Å². The molecule has 0 aliphatic carbocycles. The number of hydrogen-bond donors (Lipinski definition) is 2. The van der Waals surface area contributed by atoms with E-state index in [-0.39, 0.29) is 16.5 Å². The maximum atomic E-state index is 12.2. The Bertz CT molecular complexity index is 550. The number of pyridine rings is 1. The standard InChI is InChI=1S/C15H21ClN2O3/c1-8(2)12(14(20)21)18-13(19)9-6-10(15(3,4)5)17-11(16)7-9/h6-8,12H,1-5H3,(H,18,19)(H,20,21). The zero-order valence-corrected chi connectivity index (χ0v) is 13.7. The quantitative estimate of drug-likeness (QED) is 0.838. The minimum absolute atomic E-state index is 0.212. The van der Waals surface area contributed by atoms with Crippen molar-refractivity contribution in [3.05, 3.63) is 28.5 Å². The average Bonchev–Trinajstić information content (AvgIpc) is 2.32. The number of carbonyl (C=O) groups is 2. The van der Waals surface area contributed by atoms with Gasteiger partial charge in [0.1, 0.15) is 11.2 Å². The second-order valence-corrected chi connectivity index (χ2v) is 6.73. The molecule has 1 aromatic rings. The van der Waals surface area contributed by atoms with Gasteiger partial charge in [-0.2, -0.15) is 0 Å². The number of carboxylic acids is 1. The first-order valence-electron chi connectivity index (χ1n) is 6.74. The lowest BCUT2D eigenvalue weighted by atomic mass is 9.90. The molecule has 0 aromatic carbocycles. The zero-order valence-electron chi connectivity index (χ0n) is 12.9. The molecule has 116 valence electrons. The largest absolute Gasteiger partial charge is 0.480 e. The third kappa shape index (κ3) is 4.70. The summed E-state index contributed by atoms with van der Waals surface area (Å²) in [6, 6.07) is 2.13. The molecule has 0 spiro atoms. The van der Waals surface area contributed by atoms with Crippen molar-refractivity contribution in [2.75, 3.05) is 0 Å². The summed E-state index contributed by atoms with van der Waals surface area (Å²) in [5, 5.41) is 11.8. The summed E-state index contributed by atoms with van der Waals surface area (Å²) in [4.78, 5) is 27.6. The van der Waals surface area contributed by atoms with E-state index in [0.717, 1.165) is 0 Å². The molecule has 0 fully saturated rings. The Labute approximate surface area is 129 Å². The van der Waals surface area contributed by atoms with Gasteiger partial charge in [-0.1, -0.05) is 46.2 Å². The summed E-state index contributed by atoms with van der Waals surface area (Å²) in [5.41, 5.74) is 0.730. The minimum atomic E-state index is -1.06. The van der Waals surface area contributed by atoms with Crippen molar-refractivity contribution in [2.24, 2.45) is 5.92 Å². The van der Waals surface area contributed by atoms with Gasteiger partial charge in [0.15, 0.2) is 0 Å². The molecule has 1 amide bonds. The molecule has 1 unspecified atom stereocenters. The highest BCUT2D eigenvalue weighted by Gasteiger charge is 2.25. The molecule has 0 bridgehead atoms. The van der Waals surface area contributed by atoms with Crippen molar-refractivity contribution in [2.45, 2.75) is 46.1 Å². The van der Waals surface area contributed by atoms with Crippen LogP contribution in [0.4, 0.5) is 0 Å². The lowest BCUT2D eigenvalue weighted by molar-refractivity contribution is -0.140. The van der Waals surface area contributed by atoms with Crippen LogP contribution in [0.5, 0.6) is 0 Å². The highest BCUT2D eigenvalue weighted by atomic mass is 35.5. The molecule has 0 radical (unpaired) electrons. The van der Waals surface area contributed by atoms with Crippen LogP contribution in [0.25, 0.3) is 0 Å². The van der Waals surface area contributed by atoms with Gasteiger partial charge in [-0.15, -0.1) is 0 Å². The monoisotopic (exact) mass is 312 g/mol. The molecular weight excluding hydrogens is 292 g/mol. The van der Waals surface area contributed by atoms with Gasteiger partial charge in [0, 0.05) is 16.7 Å². The average molecular weight is 313 g/mol. The van der Waals surface area contributed by atoms with Crippen molar-refractivity contribution in [1.82, 2.24) is 10.3 Å². The van der Waals surface area contributed by atoms with Crippen molar-refractivity contribution in [3.63, 3.8) is 0 Å². The SMILES string of the molecule is CC(C)C(NC(=O)c1cc(Cl)nc(C(C)(C)C)c1)C(=O)O. The van der Waals surface area contributed by atoms with Gasteiger partial charge in [-0.05, 0) is 18.1 Å². The maximum absolute atomic E-state index is 12.2. The van der Waals surface area contributed by atoms with E-state index in [4.69, 9.17) is 16.7 Å². The van der Waals surface area contributed by atoms with Crippen LogP contribution in [0, 0.1) is 5.92 Å². The van der Waals surface area contributed by atoms with Gasteiger partial charge >= 0.3 is 5.97 Å². The molecule has 0 aliphatic rings. The second kappa shape index (κ2) is 6.43. The van der Waals surface area contributed by atoms with Gasteiger partial charge in [0.05, 0.1) is 0 Å². The smallest absolute Gasteiger partial charge is 0.326 e. The lowest BCUT2D eigenvalue weighted by Crippen LogP contribution is -2.44. The Morgan fingerprint density at radius 3 is 2.29 bits per heavy atom. The zero-order chi connectivity index (χ0) is 16.4. The van der Waals surface area contributed by atoms with Gasteiger partial charge in [-0.25, -0.2) is 9.78 Å². The van der Waals surface area contributed by atoms with E-state index in [9.17, 15) is 9.59 Å². The van der Waals surface area contributed by atoms with E-state index >= 15 is 0 Å². The highest BCUT2D eigenvalue weighted by Crippen LogP contribution is 2.23. The third-order valence-electron chi connectivity index (χ3n) is 3.04. The Kier molecular flexibility index (Phi) is 5.34. The first-order chi connectivity index (χ1) is 9.52. The van der Waals surface area contributed by atoms with Crippen LogP contribution in [0.3, 0.4) is 0 Å². The van der Waals surface area contributed by atoms with Crippen molar-refractivity contribution >= 4 is 23.5 Å². The van der Waals surface area contributed by atoms with Crippen LogP contribution in [-0.2, 0) is 10.2 Å². The molecule has 5 nitrogen and oxygen atoms in total.